The zero-order chi connectivity index (χ0) is 13.8. The summed E-state index contributed by atoms with van der Waals surface area (Å²) in [4.78, 5) is 0. The first-order valence-corrected chi connectivity index (χ1v) is 5.75. The standard InChI is InChI=1S/C13H18F3NO/c1-9(18-3)7-12(17-2)10-5-4-6-11(8-10)13(14,15)16/h4-6,8-9,12,17H,7H2,1-3H3. The van der Waals surface area contributed by atoms with Gasteiger partial charge in [0.2, 0.25) is 0 Å². The van der Waals surface area contributed by atoms with E-state index in [1.165, 1.54) is 12.1 Å². The average molecular weight is 261 g/mol. The van der Waals surface area contributed by atoms with Gasteiger partial charge in [0.1, 0.15) is 0 Å². The van der Waals surface area contributed by atoms with E-state index < -0.39 is 11.7 Å². The highest BCUT2D eigenvalue weighted by molar-refractivity contribution is 5.28. The monoisotopic (exact) mass is 261 g/mol. The van der Waals surface area contributed by atoms with E-state index in [1.807, 2.05) is 6.92 Å². The summed E-state index contributed by atoms with van der Waals surface area (Å²) in [5.74, 6) is 0. The molecule has 2 unspecified atom stereocenters. The number of benzene rings is 1. The Balaban J connectivity index is 2.93. The number of rotatable bonds is 5. The van der Waals surface area contributed by atoms with E-state index >= 15 is 0 Å². The summed E-state index contributed by atoms with van der Waals surface area (Å²) in [6.45, 7) is 1.89. The first kappa shape index (κ1) is 15.0. The van der Waals surface area contributed by atoms with Gasteiger partial charge in [0.15, 0.2) is 0 Å². The van der Waals surface area contributed by atoms with Crippen molar-refractivity contribution in [3.8, 4) is 0 Å². The molecule has 0 fully saturated rings. The number of halogens is 3. The largest absolute Gasteiger partial charge is 0.416 e. The molecule has 0 saturated carbocycles. The van der Waals surface area contributed by atoms with Gasteiger partial charge in [-0.25, -0.2) is 0 Å². The van der Waals surface area contributed by atoms with Gasteiger partial charge >= 0.3 is 6.18 Å². The summed E-state index contributed by atoms with van der Waals surface area (Å²) in [6.07, 6.45) is -3.70. The van der Waals surface area contributed by atoms with Crippen LogP contribution in [0.15, 0.2) is 24.3 Å². The lowest BCUT2D eigenvalue weighted by Gasteiger charge is -2.21. The molecule has 0 heterocycles. The van der Waals surface area contributed by atoms with Crippen LogP contribution in [0.25, 0.3) is 0 Å². The van der Waals surface area contributed by atoms with Crippen LogP contribution in [0.2, 0.25) is 0 Å². The molecule has 0 spiro atoms. The van der Waals surface area contributed by atoms with Gasteiger partial charge in [-0.05, 0) is 38.1 Å². The predicted molar refractivity (Wildman–Crippen MR) is 64.3 cm³/mol. The van der Waals surface area contributed by atoms with Crippen LogP contribution in [-0.4, -0.2) is 20.3 Å². The summed E-state index contributed by atoms with van der Waals surface area (Å²) in [7, 11) is 3.32. The van der Waals surface area contributed by atoms with Crippen molar-refractivity contribution in [3.05, 3.63) is 35.4 Å². The molecule has 18 heavy (non-hydrogen) atoms. The molecule has 2 atom stereocenters. The fourth-order valence-electron chi connectivity index (χ4n) is 1.78. The number of methoxy groups -OCH3 is 1. The number of alkyl halides is 3. The molecule has 0 bridgehead atoms. The normalized spacial score (nSPS) is 15.4. The summed E-state index contributed by atoms with van der Waals surface area (Å²) < 4.78 is 43.0. The van der Waals surface area contributed by atoms with Crippen molar-refractivity contribution in [1.82, 2.24) is 5.32 Å². The molecule has 1 aromatic rings. The zero-order valence-electron chi connectivity index (χ0n) is 10.7. The molecule has 0 amide bonds. The Labute approximate surface area is 105 Å². The Morgan fingerprint density at radius 1 is 1.33 bits per heavy atom. The molecule has 0 aliphatic heterocycles. The first-order valence-electron chi connectivity index (χ1n) is 5.75. The molecule has 102 valence electrons. The van der Waals surface area contributed by atoms with Crippen LogP contribution in [0.5, 0.6) is 0 Å². The van der Waals surface area contributed by atoms with Crippen LogP contribution >= 0.6 is 0 Å². The van der Waals surface area contributed by atoms with Crippen molar-refractivity contribution in [3.63, 3.8) is 0 Å². The van der Waals surface area contributed by atoms with Crippen LogP contribution in [0.3, 0.4) is 0 Å². The highest BCUT2D eigenvalue weighted by atomic mass is 19.4. The maximum absolute atomic E-state index is 12.6. The van der Waals surface area contributed by atoms with E-state index in [-0.39, 0.29) is 12.1 Å². The third-order valence-corrected chi connectivity index (χ3v) is 2.93. The average Bonchev–Trinajstić information content (AvgIpc) is 2.34. The van der Waals surface area contributed by atoms with Crippen LogP contribution in [0, 0.1) is 0 Å². The molecule has 0 aliphatic rings. The van der Waals surface area contributed by atoms with E-state index in [4.69, 9.17) is 4.74 Å². The quantitative estimate of drug-likeness (QED) is 0.877. The molecule has 1 rings (SSSR count). The van der Waals surface area contributed by atoms with Gasteiger partial charge in [0, 0.05) is 13.2 Å². The molecule has 5 heteroatoms. The fraction of sp³-hybridized carbons (Fsp3) is 0.538. The Hall–Kier alpha value is -1.07. The van der Waals surface area contributed by atoms with Gasteiger partial charge < -0.3 is 10.1 Å². The van der Waals surface area contributed by atoms with E-state index in [2.05, 4.69) is 5.32 Å². The van der Waals surface area contributed by atoms with E-state index in [0.717, 1.165) is 6.07 Å². The Morgan fingerprint density at radius 3 is 2.50 bits per heavy atom. The second-order valence-electron chi connectivity index (χ2n) is 4.25. The third kappa shape index (κ3) is 3.99. The molecular weight excluding hydrogens is 243 g/mol. The lowest BCUT2D eigenvalue weighted by molar-refractivity contribution is -0.137. The predicted octanol–water partition coefficient (Wildman–Crippen LogP) is 3.39. The summed E-state index contributed by atoms with van der Waals surface area (Å²) in [5, 5.41) is 3.01. The number of hydrogen-bond donors (Lipinski definition) is 1. The van der Waals surface area contributed by atoms with E-state index in [0.29, 0.717) is 12.0 Å². The molecule has 0 saturated heterocycles. The number of hydrogen-bond acceptors (Lipinski definition) is 2. The first-order chi connectivity index (χ1) is 8.38. The summed E-state index contributed by atoms with van der Waals surface area (Å²) in [6, 6.07) is 5.24. The van der Waals surface area contributed by atoms with Gasteiger partial charge in [-0.1, -0.05) is 12.1 Å². The van der Waals surface area contributed by atoms with Crippen molar-refractivity contribution in [2.45, 2.75) is 31.7 Å². The highest BCUT2D eigenvalue weighted by Crippen LogP contribution is 2.31. The SMILES string of the molecule is CNC(CC(C)OC)c1cccc(C(F)(F)F)c1. The zero-order valence-corrected chi connectivity index (χ0v) is 10.7. The number of nitrogens with one attached hydrogen (secondary N) is 1. The lowest BCUT2D eigenvalue weighted by Crippen LogP contribution is -2.22. The minimum absolute atomic E-state index is 0.0167. The van der Waals surface area contributed by atoms with E-state index in [1.54, 1.807) is 20.2 Å². The number of ether oxygens (including phenoxy) is 1. The Bertz CT molecular complexity index is 379. The molecule has 0 aromatic heterocycles. The van der Waals surface area contributed by atoms with E-state index in [9.17, 15) is 13.2 Å². The van der Waals surface area contributed by atoms with Gasteiger partial charge in [-0.15, -0.1) is 0 Å². The summed E-state index contributed by atoms with van der Waals surface area (Å²) in [5.41, 5.74) is 0.00143. The molecule has 0 aliphatic carbocycles. The third-order valence-electron chi connectivity index (χ3n) is 2.93. The fourth-order valence-corrected chi connectivity index (χ4v) is 1.78. The maximum atomic E-state index is 12.6. The van der Waals surface area contributed by atoms with Gasteiger partial charge in [0.25, 0.3) is 0 Å². The summed E-state index contributed by atoms with van der Waals surface area (Å²) >= 11 is 0. The smallest absolute Gasteiger partial charge is 0.382 e. The van der Waals surface area contributed by atoms with Gasteiger partial charge in [-0.2, -0.15) is 13.2 Å². The van der Waals surface area contributed by atoms with Crippen LogP contribution < -0.4 is 5.32 Å². The second kappa shape index (κ2) is 6.20. The Morgan fingerprint density at radius 2 is 2.00 bits per heavy atom. The molecule has 1 N–H and O–H groups in total. The maximum Gasteiger partial charge on any atom is 0.416 e. The Kier molecular flexibility index (Phi) is 5.16. The molecule has 0 radical (unpaired) electrons. The van der Waals surface area contributed by atoms with Crippen LogP contribution in [0.4, 0.5) is 13.2 Å². The van der Waals surface area contributed by atoms with Crippen molar-refractivity contribution in [2.24, 2.45) is 0 Å². The van der Waals surface area contributed by atoms with Crippen molar-refractivity contribution < 1.29 is 17.9 Å². The van der Waals surface area contributed by atoms with Crippen LogP contribution in [-0.2, 0) is 10.9 Å². The highest BCUT2D eigenvalue weighted by Gasteiger charge is 2.31. The minimum Gasteiger partial charge on any atom is -0.382 e. The second-order valence-corrected chi connectivity index (χ2v) is 4.25. The molecular formula is C13H18F3NO. The molecule has 1 aromatic carbocycles. The minimum atomic E-state index is -4.30. The van der Waals surface area contributed by atoms with Gasteiger partial charge in [0.05, 0.1) is 11.7 Å². The van der Waals surface area contributed by atoms with Gasteiger partial charge in [-0.3, -0.25) is 0 Å². The van der Waals surface area contributed by atoms with Crippen LogP contribution in [0.1, 0.15) is 30.5 Å². The molecule has 2 nitrogen and oxygen atoms in total. The topological polar surface area (TPSA) is 21.3 Å². The lowest BCUT2D eigenvalue weighted by atomic mass is 9.99. The van der Waals surface area contributed by atoms with Crippen molar-refractivity contribution in [2.75, 3.05) is 14.2 Å². The van der Waals surface area contributed by atoms with Crippen molar-refractivity contribution >= 4 is 0 Å². The van der Waals surface area contributed by atoms with Crippen molar-refractivity contribution in [1.29, 1.82) is 0 Å².